The summed E-state index contributed by atoms with van der Waals surface area (Å²) in [6.45, 7) is 0. The van der Waals surface area contributed by atoms with E-state index in [0.717, 1.165) is 4.90 Å². The Morgan fingerprint density at radius 2 is 1.94 bits per heavy atom. The fourth-order valence-electron chi connectivity index (χ4n) is 1.47. The van der Waals surface area contributed by atoms with Crippen molar-refractivity contribution < 1.29 is 4.79 Å². The zero-order valence-electron chi connectivity index (χ0n) is 8.87. The molecule has 1 aromatic carbocycles. The van der Waals surface area contributed by atoms with Gasteiger partial charge in [-0.1, -0.05) is 35.3 Å². The average molecular weight is 303 g/mol. The predicted octanol–water partition coefficient (Wildman–Crippen LogP) is 5.01. The van der Waals surface area contributed by atoms with Gasteiger partial charge in [0.2, 0.25) is 0 Å². The summed E-state index contributed by atoms with van der Waals surface area (Å²) in [7, 11) is 0. The maximum absolute atomic E-state index is 12.3. The van der Waals surface area contributed by atoms with E-state index in [1.165, 1.54) is 23.1 Å². The average Bonchev–Trinajstić information content (AvgIpc) is 2.67. The van der Waals surface area contributed by atoms with Crippen molar-refractivity contribution in [1.82, 2.24) is 0 Å². The van der Waals surface area contributed by atoms with Gasteiger partial charge < -0.3 is 0 Å². The number of ketones is 1. The Labute approximate surface area is 118 Å². The third-order valence-electron chi connectivity index (χ3n) is 2.25. The number of benzene rings is 1. The lowest BCUT2D eigenvalue weighted by atomic mass is 10.1. The van der Waals surface area contributed by atoms with Crippen LogP contribution in [0.5, 0.6) is 0 Å². The standard InChI is InChI=1S/C12H8Cl2OS2/c1-16-9-5-3-2-4-7(9)11(15)8-6-10(13)17-12(8)14/h2-6H,1H3. The van der Waals surface area contributed by atoms with Gasteiger partial charge in [0.25, 0.3) is 0 Å². The molecule has 88 valence electrons. The molecule has 0 bridgehead atoms. The summed E-state index contributed by atoms with van der Waals surface area (Å²) in [4.78, 5) is 13.3. The number of carbonyl (C=O) groups excluding carboxylic acids is 1. The zero-order chi connectivity index (χ0) is 12.4. The molecule has 0 aliphatic carbocycles. The molecule has 2 aromatic rings. The first-order chi connectivity index (χ1) is 8.13. The van der Waals surface area contributed by atoms with E-state index in [-0.39, 0.29) is 5.78 Å². The molecule has 0 amide bonds. The van der Waals surface area contributed by atoms with Crippen LogP contribution >= 0.6 is 46.3 Å². The molecule has 1 aromatic heterocycles. The molecular formula is C12H8Cl2OS2. The molecule has 1 heterocycles. The minimum Gasteiger partial charge on any atom is -0.288 e. The maximum atomic E-state index is 12.3. The number of rotatable bonds is 3. The molecule has 0 atom stereocenters. The highest BCUT2D eigenvalue weighted by Gasteiger charge is 2.18. The monoisotopic (exact) mass is 302 g/mol. The Balaban J connectivity index is 2.47. The number of thiophene rings is 1. The van der Waals surface area contributed by atoms with Gasteiger partial charge in [-0.3, -0.25) is 4.79 Å². The van der Waals surface area contributed by atoms with Crippen molar-refractivity contribution in [3.63, 3.8) is 0 Å². The lowest BCUT2D eigenvalue weighted by molar-refractivity contribution is 0.103. The van der Waals surface area contributed by atoms with Crippen LogP contribution in [0.4, 0.5) is 0 Å². The maximum Gasteiger partial charge on any atom is 0.196 e. The van der Waals surface area contributed by atoms with Crippen LogP contribution in [0.25, 0.3) is 0 Å². The Bertz CT molecular complexity index is 563. The number of carbonyl (C=O) groups is 1. The molecule has 0 unspecified atom stereocenters. The van der Waals surface area contributed by atoms with Crippen LogP contribution < -0.4 is 0 Å². The second kappa shape index (κ2) is 5.44. The van der Waals surface area contributed by atoms with Crippen molar-refractivity contribution in [2.24, 2.45) is 0 Å². The summed E-state index contributed by atoms with van der Waals surface area (Å²) in [5.41, 5.74) is 1.14. The molecule has 2 rings (SSSR count). The van der Waals surface area contributed by atoms with Gasteiger partial charge in [-0.15, -0.1) is 23.1 Å². The van der Waals surface area contributed by atoms with Crippen LogP contribution in [0.15, 0.2) is 35.2 Å². The smallest absolute Gasteiger partial charge is 0.196 e. The predicted molar refractivity (Wildman–Crippen MR) is 76.0 cm³/mol. The molecule has 0 aliphatic heterocycles. The molecule has 17 heavy (non-hydrogen) atoms. The third kappa shape index (κ3) is 2.68. The fourth-order valence-corrected chi connectivity index (χ4v) is 3.53. The Morgan fingerprint density at radius 1 is 1.24 bits per heavy atom. The van der Waals surface area contributed by atoms with E-state index >= 15 is 0 Å². The summed E-state index contributed by atoms with van der Waals surface area (Å²) in [5.74, 6) is -0.0805. The fraction of sp³-hybridized carbons (Fsp3) is 0.0833. The summed E-state index contributed by atoms with van der Waals surface area (Å²) in [6.07, 6.45) is 1.94. The topological polar surface area (TPSA) is 17.1 Å². The SMILES string of the molecule is CSc1ccccc1C(=O)c1cc(Cl)sc1Cl. The first kappa shape index (κ1) is 13.0. The first-order valence-electron chi connectivity index (χ1n) is 4.76. The van der Waals surface area contributed by atoms with Crippen LogP contribution in [0.2, 0.25) is 8.67 Å². The number of thioether (sulfide) groups is 1. The number of hydrogen-bond donors (Lipinski definition) is 0. The molecule has 0 aliphatic rings. The van der Waals surface area contributed by atoms with E-state index in [0.29, 0.717) is 19.8 Å². The van der Waals surface area contributed by atoms with Gasteiger partial charge >= 0.3 is 0 Å². The molecule has 0 saturated carbocycles. The summed E-state index contributed by atoms with van der Waals surface area (Å²) in [5, 5.41) is 0. The molecule has 0 saturated heterocycles. The summed E-state index contributed by atoms with van der Waals surface area (Å²) >= 11 is 14.6. The minimum absolute atomic E-state index is 0.0805. The van der Waals surface area contributed by atoms with Crippen molar-refractivity contribution in [3.8, 4) is 0 Å². The lowest BCUT2D eigenvalue weighted by Crippen LogP contribution is -2.01. The molecule has 0 radical (unpaired) electrons. The van der Waals surface area contributed by atoms with Gasteiger partial charge in [-0.2, -0.15) is 0 Å². The largest absolute Gasteiger partial charge is 0.288 e. The number of hydrogen-bond acceptors (Lipinski definition) is 3. The normalized spacial score (nSPS) is 10.5. The van der Waals surface area contributed by atoms with E-state index in [4.69, 9.17) is 23.2 Å². The Morgan fingerprint density at radius 3 is 2.53 bits per heavy atom. The van der Waals surface area contributed by atoms with Crippen LogP contribution in [-0.2, 0) is 0 Å². The van der Waals surface area contributed by atoms with E-state index in [1.807, 2.05) is 24.5 Å². The van der Waals surface area contributed by atoms with Crippen molar-refractivity contribution >= 4 is 52.1 Å². The Hall–Kier alpha value is -0.480. The second-order valence-corrected chi connectivity index (χ2v) is 6.40. The highest BCUT2D eigenvalue weighted by molar-refractivity contribution is 7.98. The molecule has 1 nitrogen and oxygen atoms in total. The summed E-state index contributed by atoms with van der Waals surface area (Å²) in [6, 6.07) is 9.09. The molecule has 0 N–H and O–H groups in total. The minimum atomic E-state index is -0.0805. The third-order valence-corrected chi connectivity index (χ3v) is 4.54. The first-order valence-corrected chi connectivity index (χ1v) is 7.55. The van der Waals surface area contributed by atoms with Crippen molar-refractivity contribution in [2.45, 2.75) is 4.90 Å². The van der Waals surface area contributed by atoms with Gasteiger partial charge in [0.05, 0.1) is 9.90 Å². The molecule has 5 heteroatoms. The zero-order valence-corrected chi connectivity index (χ0v) is 12.0. The van der Waals surface area contributed by atoms with Crippen LogP contribution in [-0.4, -0.2) is 12.0 Å². The van der Waals surface area contributed by atoms with E-state index in [2.05, 4.69) is 0 Å². The van der Waals surface area contributed by atoms with Crippen LogP contribution in [0.1, 0.15) is 15.9 Å². The van der Waals surface area contributed by atoms with Crippen LogP contribution in [0.3, 0.4) is 0 Å². The van der Waals surface area contributed by atoms with E-state index < -0.39 is 0 Å². The van der Waals surface area contributed by atoms with Crippen molar-refractivity contribution in [1.29, 1.82) is 0 Å². The van der Waals surface area contributed by atoms with E-state index in [1.54, 1.807) is 12.1 Å². The molecule has 0 fully saturated rings. The van der Waals surface area contributed by atoms with Gasteiger partial charge in [0, 0.05) is 10.5 Å². The van der Waals surface area contributed by atoms with E-state index in [9.17, 15) is 4.79 Å². The summed E-state index contributed by atoms with van der Waals surface area (Å²) < 4.78 is 0.968. The lowest BCUT2D eigenvalue weighted by Gasteiger charge is -2.04. The number of halogens is 2. The van der Waals surface area contributed by atoms with Gasteiger partial charge in [-0.05, 0) is 24.5 Å². The Kier molecular flexibility index (Phi) is 4.15. The molecule has 0 spiro atoms. The second-order valence-electron chi connectivity index (χ2n) is 3.27. The highest BCUT2D eigenvalue weighted by atomic mass is 35.5. The van der Waals surface area contributed by atoms with Gasteiger partial charge in [-0.25, -0.2) is 0 Å². The van der Waals surface area contributed by atoms with Crippen molar-refractivity contribution in [3.05, 3.63) is 50.1 Å². The highest BCUT2D eigenvalue weighted by Crippen LogP contribution is 2.34. The van der Waals surface area contributed by atoms with Crippen LogP contribution in [0, 0.1) is 0 Å². The van der Waals surface area contributed by atoms with Gasteiger partial charge in [0.15, 0.2) is 5.78 Å². The quantitative estimate of drug-likeness (QED) is 0.586. The van der Waals surface area contributed by atoms with Crippen molar-refractivity contribution in [2.75, 3.05) is 6.26 Å². The van der Waals surface area contributed by atoms with Gasteiger partial charge in [0.1, 0.15) is 4.34 Å². The molecular weight excluding hydrogens is 295 g/mol.